The standard InChI is InChI=1S/C22H28N2O6/c1-3-28-14-29-21(23)19(13-15(2)22(26)24-27)20(25)16-9-11-18(12-10-16)30-17-7-5-4-6-8-17/h4-12,15,19,21,27H,3,13-14,23H2,1-2H3,(H,24,26)/t15-,19+,21?/m0/s1. The van der Waals surface area contributed by atoms with Crippen LogP contribution in [-0.2, 0) is 14.3 Å². The SMILES string of the molecule is CCOCOC(N)[C@H](C[C@H](C)C(=O)NO)C(=O)c1ccc(Oc2ccccc2)cc1. The van der Waals surface area contributed by atoms with Crippen LogP contribution in [0, 0.1) is 11.8 Å². The van der Waals surface area contributed by atoms with Gasteiger partial charge in [-0.1, -0.05) is 25.1 Å². The van der Waals surface area contributed by atoms with Crippen molar-refractivity contribution < 1.29 is 29.0 Å². The van der Waals surface area contributed by atoms with E-state index in [-0.39, 0.29) is 19.0 Å². The molecule has 0 aromatic heterocycles. The summed E-state index contributed by atoms with van der Waals surface area (Å²) in [4.78, 5) is 24.8. The second-order valence-corrected chi connectivity index (χ2v) is 6.76. The molecule has 2 rings (SSSR count). The monoisotopic (exact) mass is 416 g/mol. The minimum Gasteiger partial charge on any atom is -0.457 e. The number of hydrogen-bond donors (Lipinski definition) is 3. The van der Waals surface area contributed by atoms with E-state index in [4.69, 9.17) is 25.2 Å². The molecule has 8 nitrogen and oxygen atoms in total. The van der Waals surface area contributed by atoms with Crippen LogP contribution < -0.4 is 16.0 Å². The molecular weight excluding hydrogens is 388 g/mol. The molecule has 162 valence electrons. The number of carbonyl (C=O) groups excluding carboxylic acids is 2. The Kier molecular flexibility index (Phi) is 9.43. The highest BCUT2D eigenvalue weighted by molar-refractivity contribution is 5.98. The maximum Gasteiger partial charge on any atom is 0.246 e. The van der Waals surface area contributed by atoms with Gasteiger partial charge >= 0.3 is 0 Å². The molecule has 0 aliphatic carbocycles. The highest BCUT2D eigenvalue weighted by Gasteiger charge is 2.31. The van der Waals surface area contributed by atoms with Crippen molar-refractivity contribution in [1.29, 1.82) is 0 Å². The summed E-state index contributed by atoms with van der Waals surface area (Å²) >= 11 is 0. The van der Waals surface area contributed by atoms with Crippen LogP contribution in [0.5, 0.6) is 11.5 Å². The lowest BCUT2D eigenvalue weighted by molar-refractivity contribution is -0.134. The Balaban J connectivity index is 2.13. The largest absolute Gasteiger partial charge is 0.457 e. The van der Waals surface area contributed by atoms with Crippen LogP contribution in [0.3, 0.4) is 0 Å². The molecule has 0 aliphatic rings. The van der Waals surface area contributed by atoms with E-state index < -0.39 is 24.0 Å². The fraction of sp³-hybridized carbons (Fsp3) is 0.364. The number of para-hydroxylation sites is 1. The smallest absolute Gasteiger partial charge is 0.246 e. The number of hydroxylamine groups is 1. The first-order chi connectivity index (χ1) is 14.5. The minimum atomic E-state index is -0.974. The molecule has 4 N–H and O–H groups in total. The van der Waals surface area contributed by atoms with Crippen LogP contribution >= 0.6 is 0 Å². The van der Waals surface area contributed by atoms with Crippen LogP contribution in [0.4, 0.5) is 0 Å². The van der Waals surface area contributed by atoms with Crippen molar-refractivity contribution in [2.75, 3.05) is 13.4 Å². The maximum absolute atomic E-state index is 13.1. The number of benzene rings is 2. The highest BCUT2D eigenvalue weighted by Crippen LogP contribution is 2.25. The molecule has 0 saturated heterocycles. The van der Waals surface area contributed by atoms with E-state index in [0.717, 1.165) is 0 Å². The van der Waals surface area contributed by atoms with Crippen LogP contribution in [-0.4, -0.2) is 36.5 Å². The van der Waals surface area contributed by atoms with Crippen LogP contribution in [0.25, 0.3) is 0 Å². The molecular formula is C22H28N2O6. The molecule has 1 amide bonds. The van der Waals surface area contributed by atoms with E-state index in [1.807, 2.05) is 37.3 Å². The Morgan fingerprint density at radius 3 is 2.30 bits per heavy atom. The van der Waals surface area contributed by atoms with Gasteiger partial charge < -0.3 is 19.9 Å². The first-order valence-electron chi connectivity index (χ1n) is 9.72. The van der Waals surface area contributed by atoms with E-state index in [0.29, 0.717) is 23.7 Å². The first kappa shape index (κ1) is 23.5. The molecule has 0 fully saturated rings. The van der Waals surface area contributed by atoms with Gasteiger partial charge in [0.1, 0.15) is 24.5 Å². The summed E-state index contributed by atoms with van der Waals surface area (Å²) in [6, 6.07) is 15.9. The van der Waals surface area contributed by atoms with Crippen LogP contribution in [0.1, 0.15) is 30.6 Å². The summed E-state index contributed by atoms with van der Waals surface area (Å²) in [5, 5.41) is 8.86. The van der Waals surface area contributed by atoms with E-state index in [1.54, 1.807) is 36.7 Å². The lowest BCUT2D eigenvalue weighted by Crippen LogP contribution is -2.41. The maximum atomic E-state index is 13.1. The minimum absolute atomic E-state index is 0.0636. The molecule has 0 saturated carbocycles. The molecule has 3 atom stereocenters. The van der Waals surface area contributed by atoms with Crippen molar-refractivity contribution in [3.63, 3.8) is 0 Å². The van der Waals surface area contributed by atoms with Crippen molar-refractivity contribution >= 4 is 11.7 Å². The molecule has 1 unspecified atom stereocenters. The molecule has 0 radical (unpaired) electrons. The Bertz CT molecular complexity index is 797. The van der Waals surface area contributed by atoms with E-state index in [2.05, 4.69) is 0 Å². The lowest BCUT2D eigenvalue weighted by atomic mass is 9.87. The second kappa shape index (κ2) is 12.0. The topological polar surface area (TPSA) is 120 Å². The molecule has 2 aromatic rings. The molecule has 0 spiro atoms. The fourth-order valence-electron chi connectivity index (χ4n) is 2.84. The van der Waals surface area contributed by atoms with Gasteiger partial charge in [0.25, 0.3) is 0 Å². The number of ketones is 1. The number of rotatable bonds is 12. The van der Waals surface area contributed by atoms with Crippen LogP contribution in [0.2, 0.25) is 0 Å². The number of nitrogens with one attached hydrogen (secondary N) is 1. The third kappa shape index (κ3) is 6.93. The summed E-state index contributed by atoms with van der Waals surface area (Å²) in [7, 11) is 0. The molecule has 0 heterocycles. The number of Topliss-reactive ketones (excluding diaryl/α,β-unsaturated/α-hetero) is 1. The fourth-order valence-corrected chi connectivity index (χ4v) is 2.84. The number of carbonyl (C=O) groups is 2. The average Bonchev–Trinajstić information content (AvgIpc) is 2.77. The third-order valence-corrected chi connectivity index (χ3v) is 4.56. The zero-order chi connectivity index (χ0) is 21.9. The van der Waals surface area contributed by atoms with Gasteiger partial charge in [0.15, 0.2) is 5.78 Å². The summed E-state index contributed by atoms with van der Waals surface area (Å²) in [5.41, 5.74) is 8.08. The van der Waals surface area contributed by atoms with Gasteiger partial charge in [-0.05, 0) is 49.7 Å². The molecule has 30 heavy (non-hydrogen) atoms. The van der Waals surface area contributed by atoms with Gasteiger partial charge in [-0.3, -0.25) is 14.8 Å². The Hall–Kier alpha value is -2.78. The summed E-state index contributed by atoms with van der Waals surface area (Å²) in [6.45, 7) is 3.78. The molecule has 0 bridgehead atoms. The van der Waals surface area contributed by atoms with Crippen molar-refractivity contribution in [3.8, 4) is 11.5 Å². The van der Waals surface area contributed by atoms with Gasteiger partial charge in [-0.2, -0.15) is 0 Å². The lowest BCUT2D eigenvalue weighted by Gasteiger charge is -2.25. The summed E-state index contributed by atoms with van der Waals surface area (Å²) in [6.07, 6.45) is -0.876. The number of ether oxygens (including phenoxy) is 3. The number of nitrogens with two attached hydrogens (primary N) is 1. The zero-order valence-corrected chi connectivity index (χ0v) is 17.1. The average molecular weight is 416 g/mol. The number of hydrogen-bond acceptors (Lipinski definition) is 7. The first-order valence-corrected chi connectivity index (χ1v) is 9.72. The van der Waals surface area contributed by atoms with Gasteiger partial charge in [0.05, 0.1) is 5.92 Å². The van der Waals surface area contributed by atoms with E-state index >= 15 is 0 Å². The van der Waals surface area contributed by atoms with Gasteiger partial charge in [-0.15, -0.1) is 0 Å². The molecule has 0 aliphatic heterocycles. The van der Waals surface area contributed by atoms with E-state index in [9.17, 15) is 9.59 Å². The Labute approximate surface area is 175 Å². The molecule has 8 heteroatoms. The Morgan fingerprint density at radius 1 is 1.07 bits per heavy atom. The summed E-state index contributed by atoms with van der Waals surface area (Å²) in [5.74, 6) is -1.06. The van der Waals surface area contributed by atoms with Gasteiger partial charge in [0.2, 0.25) is 5.91 Å². The highest BCUT2D eigenvalue weighted by atomic mass is 16.7. The zero-order valence-electron chi connectivity index (χ0n) is 17.1. The molecule has 2 aromatic carbocycles. The predicted molar refractivity (Wildman–Crippen MR) is 110 cm³/mol. The van der Waals surface area contributed by atoms with Crippen molar-refractivity contribution in [3.05, 3.63) is 60.2 Å². The van der Waals surface area contributed by atoms with Crippen LogP contribution in [0.15, 0.2) is 54.6 Å². The van der Waals surface area contributed by atoms with Crippen molar-refractivity contribution in [1.82, 2.24) is 5.48 Å². The number of amides is 1. The van der Waals surface area contributed by atoms with Gasteiger partial charge in [-0.25, -0.2) is 5.48 Å². The summed E-state index contributed by atoms with van der Waals surface area (Å²) < 4.78 is 16.3. The quantitative estimate of drug-likeness (QED) is 0.160. The normalized spacial score (nSPS) is 13.9. The van der Waals surface area contributed by atoms with Crippen molar-refractivity contribution in [2.45, 2.75) is 26.5 Å². The third-order valence-electron chi connectivity index (χ3n) is 4.56. The van der Waals surface area contributed by atoms with E-state index in [1.165, 1.54) is 0 Å². The predicted octanol–water partition coefficient (Wildman–Crippen LogP) is 3.10. The second-order valence-electron chi connectivity index (χ2n) is 6.76. The van der Waals surface area contributed by atoms with Crippen molar-refractivity contribution in [2.24, 2.45) is 17.6 Å². The van der Waals surface area contributed by atoms with Gasteiger partial charge in [0, 0.05) is 18.1 Å². The Morgan fingerprint density at radius 2 is 1.70 bits per heavy atom.